The third-order valence-electron chi connectivity index (χ3n) is 3.16. The molecule has 1 aromatic carbocycles. The molecule has 2 aromatic rings. The smallest absolute Gasteiger partial charge is 0.425 e. The first-order chi connectivity index (χ1) is 10.2. The number of imidazole rings is 1. The molecule has 0 radical (unpaired) electrons. The average Bonchev–Trinajstić information content (AvgIpc) is 2.86. The Labute approximate surface area is 123 Å². The largest absolute Gasteiger partial charge is 0.481 e. The summed E-state index contributed by atoms with van der Waals surface area (Å²) in [6.45, 7) is 0.0359. The number of alkyl halides is 3. The first kappa shape index (κ1) is 16.0. The third kappa shape index (κ3) is 3.11. The normalized spacial score (nSPS) is 14.5. The van der Waals surface area contributed by atoms with E-state index in [2.05, 4.69) is 4.98 Å². The minimum Gasteiger partial charge on any atom is -0.481 e. The maximum absolute atomic E-state index is 13.2. The molecule has 0 aliphatic heterocycles. The molecule has 118 valence electrons. The first-order valence-electron chi connectivity index (χ1n) is 6.30. The molecule has 5 nitrogen and oxygen atoms in total. The van der Waals surface area contributed by atoms with E-state index in [-0.39, 0.29) is 6.54 Å². The molecule has 0 bridgehead atoms. The molecular weight excluding hydrogens is 301 g/mol. The molecule has 1 aromatic heterocycles. The van der Waals surface area contributed by atoms with E-state index in [1.807, 2.05) is 0 Å². The quantitative estimate of drug-likeness (QED) is 0.887. The van der Waals surface area contributed by atoms with E-state index in [1.165, 1.54) is 6.20 Å². The molecule has 2 N–H and O–H groups in total. The number of halogens is 3. The Morgan fingerprint density at radius 3 is 2.41 bits per heavy atom. The van der Waals surface area contributed by atoms with Gasteiger partial charge in [0.1, 0.15) is 0 Å². The number of carbonyl (C=O) groups is 1. The fourth-order valence-corrected chi connectivity index (χ4v) is 2.11. The fraction of sp³-hybridized carbons (Fsp3) is 0.286. The lowest BCUT2D eigenvalue weighted by molar-refractivity contribution is -0.272. The van der Waals surface area contributed by atoms with E-state index >= 15 is 0 Å². The summed E-state index contributed by atoms with van der Waals surface area (Å²) in [6, 6.07) is 8.61. The van der Waals surface area contributed by atoms with Gasteiger partial charge in [0.15, 0.2) is 5.82 Å². The lowest BCUT2D eigenvalue weighted by Gasteiger charge is -2.29. The predicted molar refractivity (Wildman–Crippen MR) is 70.0 cm³/mol. The van der Waals surface area contributed by atoms with Gasteiger partial charge >= 0.3 is 12.1 Å². The zero-order valence-corrected chi connectivity index (χ0v) is 11.3. The van der Waals surface area contributed by atoms with Crippen molar-refractivity contribution in [3.05, 3.63) is 54.1 Å². The van der Waals surface area contributed by atoms with Crippen molar-refractivity contribution in [1.29, 1.82) is 0 Å². The van der Waals surface area contributed by atoms with Gasteiger partial charge in [0.05, 0.1) is 6.42 Å². The number of aliphatic hydroxyl groups is 1. The number of aliphatic carboxylic acids is 1. The molecule has 0 amide bonds. The van der Waals surface area contributed by atoms with Gasteiger partial charge in [-0.2, -0.15) is 13.2 Å². The second-order valence-corrected chi connectivity index (χ2v) is 4.79. The minimum absolute atomic E-state index is 0.0359. The summed E-state index contributed by atoms with van der Waals surface area (Å²) in [5.41, 5.74) is -2.85. The van der Waals surface area contributed by atoms with E-state index in [0.717, 1.165) is 10.8 Å². The van der Waals surface area contributed by atoms with Crippen LogP contribution >= 0.6 is 0 Å². The molecule has 0 fully saturated rings. The summed E-state index contributed by atoms with van der Waals surface area (Å²) >= 11 is 0. The highest BCUT2D eigenvalue weighted by molar-refractivity contribution is 5.68. The summed E-state index contributed by atoms with van der Waals surface area (Å²) in [5.74, 6) is -2.51. The van der Waals surface area contributed by atoms with Crippen LogP contribution in [0.4, 0.5) is 13.2 Å². The Hall–Kier alpha value is -2.35. The SMILES string of the molecule is O=C(O)C[C@@](O)(c1nccn1Cc1ccccc1)C(F)(F)F. The average molecular weight is 314 g/mol. The zero-order chi connectivity index (χ0) is 16.4. The standard InChI is InChI=1S/C14H13F3N2O3/c15-14(16,17)13(22,8-11(20)21)12-18-6-7-19(12)9-10-4-2-1-3-5-10/h1-7,22H,8-9H2,(H,20,21)/t13-/m1/s1. The Morgan fingerprint density at radius 2 is 1.86 bits per heavy atom. The van der Waals surface area contributed by atoms with Crippen LogP contribution in [0, 0.1) is 0 Å². The van der Waals surface area contributed by atoms with E-state index in [1.54, 1.807) is 30.3 Å². The van der Waals surface area contributed by atoms with Gasteiger partial charge in [0.2, 0.25) is 5.60 Å². The van der Waals surface area contributed by atoms with Gasteiger partial charge in [-0.1, -0.05) is 30.3 Å². The van der Waals surface area contributed by atoms with Crippen molar-refractivity contribution in [2.45, 2.75) is 24.7 Å². The lowest BCUT2D eigenvalue weighted by Crippen LogP contribution is -2.46. The van der Waals surface area contributed by atoms with Crippen LogP contribution in [0.25, 0.3) is 0 Å². The number of nitrogens with zero attached hydrogens (tertiary/aromatic N) is 2. The Kier molecular flexibility index (Phi) is 4.23. The number of carboxylic acids is 1. The van der Waals surface area contributed by atoms with Crippen LogP contribution in [0.2, 0.25) is 0 Å². The second-order valence-electron chi connectivity index (χ2n) is 4.79. The van der Waals surface area contributed by atoms with E-state index in [4.69, 9.17) is 5.11 Å². The number of benzene rings is 1. The Balaban J connectivity index is 2.42. The fourth-order valence-electron chi connectivity index (χ4n) is 2.11. The molecule has 22 heavy (non-hydrogen) atoms. The van der Waals surface area contributed by atoms with Gasteiger partial charge in [0, 0.05) is 18.9 Å². The Morgan fingerprint density at radius 1 is 1.23 bits per heavy atom. The van der Waals surface area contributed by atoms with E-state index in [0.29, 0.717) is 5.56 Å². The number of rotatable bonds is 5. The van der Waals surface area contributed by atoms with Gasteiger partial charge in [-0.25, -0.2) is 4.98 Å². The van der Waals surface area contributed by atoms with Crippen molar-refractivity contribution >= 4 is 5.97 Å². The molecule has 0 saturated carbocycles. The summed E-state index contributed by atoms with van der Waals surface area (Å²) in [7, 11) is 0. The van der Waals surface area contributed by atoms with Gasteiger partial charge in [-0.3, -0.25) is 4.79 Å². The van der Waals surface area contributed by atoms with Crippen molar-refractivity contribution in [3.63, 3.8) is 0 Å². The zero-order valence-electron chi connectivity index (χ0n) is 11.3. The van der Waals surface area contributed by atoms with Crippen molar-refractivity contribution < 1.29 is 28.2 Å². The maximum Gasteiger partial charge on any atom is 0.425 e. The van der Waals surface area contributed by atoms with Crippen LogP contribution in [-0.4, -0.2) is 31.9 Å². The molecule has 1 atom stereocenters. The molecule has 0 aliphatic rings. The molecule has 0 aliphatic carbocycles. The number of hydrogen-bond donors (Lipinski definition) is 2. The summed E-state index contributed by atoms with van der Waals surface area (Å²) < 4.78 is 40.6. The molecular formula is C14H13F3N2O3. The molecule has 1 heterocycles. The summed E-state index contributed by atoms with van der Waals surface area (Å²) in [5, 5.41) is 18.6. The summed E-state index contributed by atoms with van der Waals surface area (Å²) in [6.07, 6.45) is -4.31. The van der Waals surface area contributed by atoms with Crippen LogP contribution in [0.3, 0.4) is 0 Å². The Bertz CT molecular complexity index is 655. The highest BCUT2D eigenvalue weighted by atomic mass is 19.4. The molecule has 0 saturated heterocycles. The minimum atomic E-state index is -5.16. The molecule has 0 unspecified atom stereocenters. The van der Waals surface area contributed by atoms with Gasteiger partial charge in [-0.05, 0) is 5.56 Å². The molecule has 8 heteroatoms. The van der Waals surface area contributed by atoms with Crippen LogP contribution in [0.1, 0.15) is 17.8 Å². The predicted octanol–water partition coefficient (Wildman–Crippen LogP) is 2.16. The number of carboxylic acid groups (broad SMARTS) is 1. The second kappa shape index (κ2) is 5.80. The highest BCUT2D eigenvalue weighted by Crippen LogP contribution is 2.41. The lowest BCUT2D eigenvalue weighted by atomic mass is 9.97. The summed E-state index contributed by atoms with van der Waals surface area (Å²) in [4.78, 5) is 14.3. The van der Waals surface area contributed by atoms with Gasteiger partial charge in [0.25, 0.3) is 0 Å². The molecule has 2 rings (SSSR count). The van der Waals surface area contributed by atoms with Crippen LogP contribution in [-0.2, 0) is 16.9 Å². The van der Waals surface area contributed by atoms with E-state index < -0.39 is 30.0 Å². The monoisotopic (exact) mass is 314 g/mol. The number of hydrogen-bond acceptors (Lipinski definition) is 3. The number of aromatic nitrogens is 2. The van der Waals surface area contributed by atoms with Gasteiger partial charge < -0.3 is 14.8 Å². The first-order valence-corrected chi connectivity index (χ1v) is 6.30. The maximum atomic E-state index is 13.2. The van der Waals surface area contributed by atoms with Crippen LogP contribution < -0.4 is 0 Å². The van der Waals surface area contributed by atoms with Crippen molar-refractivity contribution in [2.24, 2.45) is 0 Å². The topological polar surface area (TPSA) is 75.3 Å². The van der Waals surface area contributed by atoms with Crippen LogP contribution in [0.5, 0.6) is 0 Å². The van der Waals surface area contributed by atoms with Crippen molar-refractivity contribution in [1.82, 2.24) is 9.55 Å². The third-order valence-corrected chi connectivity index (χ3v) is 3.16. The highest BCUT2D eigenvalue weighted by Gasteiger charge is 2.59. The van der Waals surface area contributed by atoms with Crippen molar-refractivity contribution in [3.8, 4) is 0 Å². The van der Waals surface area contributed by atoms with Gasteiger partial charge in [-0.15, -0.1) is 0 Å². The van der Waals surface area contributed by atoms with Crippen LogP contribution in [0.15, 0.2) is 42.7 Å². The van der Waals surface area contributed by atoms with Crippen molar-refractivity contribution in [2.75, 3.05) is 0 Å². The molecule has 0 spiro atoms. The van der Waals surface area contributed by atoms with E-state index in [9.17, 15) is 23.1 Å².